The van der Waals surface area contributed by atoms with Gasteiger partial charge in [-0.2, -0.15) is 0 Å². The van der Waals surface area contributed by atoms with Gasteiger partial charge < -0.3 is 0 Å². The second kappa shape index (κ2) is 3.23. The van der Waals surface area contributed by atoms with Gasteiger partial charge in [-0.3, -0.25) is 0 Å². The Kier molecular flexibility index (Phi) is 1.88. The minimum atomic E-state index is 0.592. The molecule has 2 aliphatic rings. The zero-order chi connectivity index (χ0) is 10.3. The molecule has 0 nitrogen and oxygen atoms in total. The van der Waals surface area contributed by atoms with Crippen LogP contribution in [0.2, 0.25) is 0 Å². The molecule has 1 unspecified atom stereocenters. The van der Waals surface area contributed by atoms with Crippen LogP contribution in [0, 0.1) is 6.92 Å². The first-order valence-electron chi connectivity index (χ1n) is 5.50. The lowest BCUT2D eigenvalue weighted by molar-refractivity contribution is 0.809. The van der Waals surface area contributed by atoms with E-state index in [1.807, 2.05) is 0 Å². The monoisotopic (exact) mass is 194 g/mol. The maximum absolute atomic E-state index is 2.27. The van der Waals surface area contributed by atoms with Crippen LogP contribution in [0.5, 0.6) is 0 Å². The van der Waals surface area contributed by atoms with Crippen molar-refractivity contribution >= 4 is 6.08 Å². The van der Waals surface area contributed by atoms with Gasteiger partial charge in [0.1, 0.15) is 0 Å². The van der Waals surface area contributed by atoms with Crippen molar-refractivity contribution in [1.29, 1.82) is 0 Å². The Morgan fingerprint density at radius 3 is 3.07 bits per heavy atom. The molecule has 0 saturated carbocycles. The quantitative estimate of drug-likeness (QED) is 0.585. The molecule has 3 rings (SSSR count). The first kappa shape index (κ1) is 8.72. The molecule has 0 heterocycles. The number of allylic oxidation sites excluding steroid dienone is 5. The average molecular weight is 194 g/mol. The molecule has 0 spiro atoms. The van der Waals surface area contributed by atoms with Gasteiger partial charge in [0.2, 0.25) is 0 Å². The van der Waals surface area contributed by atoms with Crippen LogP contribution in [0.4, 0.5) is 0 Å². The van der Waals surface area contributed by atoms with E-state index < -0.39 is 0 Å². The third-order valence-corrected chi connectivity index (χ3v) is 3.37. The second-order valence-corrected chi connectivity index (χ2v) is 4.29. The summed E-state index contributed by atoms with van der Waals surface area (Å²) in [5.74, 6) is 0.592. The Bertz CT molecular complexity index is 487. The van der Waals surface area contributed by atoms with Crippen molar-refractivity contribution < 1.29 is 0 Å². The largest absolute Gasteiger partial charge is 0.0836 e. The van der Waals surface area contributed by atoms with E-state index in [1.165, 1.54) is 22.3 Å². The summed E-state index contributed by atoms with van der Waals surface area (Å²) in [4.78, 5) is 0. The molecule has 2 aliphatic carbocycles. The molecule has 15 heavy (non-hydrogen) atoms. The van der Waals surface area contributed by atoms with E-state index in [-0.39, 0.29) is 0 Å². The molecule has 74 valence electrons. The SMILES string of the molecule is Cc1cccc2c1C=CC1=CC=CCC12. The fourth-order valence-corrected chi connectivity index (χ4v) is 2.54. The summed E-state index contributed by atoms with van der Waals surface area (Å²) in [6.45, 7) is 2.19. The summed E-state index contributed by atoms with van der Waals surface area (Å²) < 4.78 is 0. The van der Waals surface area contributed by atoms with Crippen LogP contribution >= 0.6 is 0 Å². The highest BCUT2D eigenvalue weighted by atomic mass is 14.3. The molecule has 0 aliphatic heterocycles. The number of hydrogen-bond acceptors (Lipinski definition) is 0. The van der Waals surface area contributed by atoms with Gasteiger partial charge in [-0.05, 0) is 35.6 Å². The fraction of sp³-hybridized carbons (Fsp3) is 0.200. The Labute approximate surface area is 90.6 Å². The molecule has 0 aromatic heterocycles. The summed E-state index contributed by atoms with van der Waals surface area (Å²) in [6.07, 6.45) is 12.3. The van der Waals surface area contributed by atoms with E-state index in [2.05, 4.69) is 55.5 Å². The highest BCUT2D eigenvalue weighted by Gasteiger charge is 2.21. The van der Waals surface area contributed by atoms with Crippen LogP contribution in [-0.4, -0.2) is 0 Å². The Morgan fingerprint density at radius 1 is 1.20 bits per heavy atom. The van der Waals surface area contributed by atoms with Gasteiger partial charge in [-0.25, -0.2) is 0 Å². The van der Waals surface area contributed by atoms with Gasteiger partial charge in [-0.15, -0.1) is 0 Å². The van der Waals surface area contributed by atoms with Crippen LogP contribution in [0.15, 0.2) is 48.1 Å². The number of fused-ring (bicyclic) bond motifs is 3. The van der Waals surface area contributed by atoms with Crippen LogP contribution < -0.4 is 0 Å². The molecule has 0 amide bonds. The minimum Gasteiger partial charge on any atom is -0.0836 e. The smallest absolute Gasteiger partial charge is 0.0130 e. The molecule has 1 aromatic rings. The van der Waals surface area contributed by atoms with E-state index in [1.54, 1.807) is 0 Å². The Balaban J connectivity index is 2.20. The van der Waals surface area contributed by atoms with Crippen molar-refractivity contribution in [3.63, 3.8) is 0 Å². The van der Waals surface area contributed by atoms with Gasteiger partial charge >= 0.3 is 0 Å². The minimum absolute atomic E-state index is 0.592. The van der Waals surface area contributed by atoms with Crippen molar-refractivity contribution in [2.45, 2.75) is 19.3 Å². The van der Waals surface area contributed by atoms with Crippen LogP contribution in [0.1, 0.15) is 29.0 Å². The van der Waals surface area contributed by atoms with Crippen LogP contribution in [0.3, 0.4) is 0 Å². The molecule has 0 fully saturated rings. The van der Waals surface area contributed by atoms with Gasteiger partial charge in [0.15, 0.2) is 0 Å². The summed E-state index contributed by atoms with van der Waals surface area (Å²) >= 11 is 0. The van der Waals surface area contributed by atoms with Gasteiger partial charge in [0.25, 0.3) is 0 Å². The Hall–Kier alpha value is -1.56. The van der Waals surface area contributed by atoms with Crippen molar-refractivity contribution in [2.24, 2.45) is 0 Å². The molecule has 0 N–H and O–H groups in total. The molecule has 0 radical (unpaired) electrons. The zero-order valence-electron chi connectivity index (χ0n) is 8.90. The first-order chi connectivity index (χ1) is 7.36. The van der Waals surface area contributed by atoms with Gasteiger partial charge in [0, 0.05) is 5.92 Å². The average Bonchev–Trinajstić information content (AvgIpc) is 2.29. The molecule has 1 aromatic carbocycles. The predicted octanol–water partition coefficient (Wildman–Crippen LogP) is 3.99. The van der Waals surface area contributed by atoms with E-state index in [9.17, 15) is 0 Å². The van der Waals surface area contributed by atoms with Crippen molar-refractivity contribution in [1.82, 2.24) is 0 Å². The standard InChI is InChI=1S/C15H14/c1-11-5-4-8-15-13(11)10-9-12-6-2-3-7-14(12)15/h2-6,8-10,14H,7H2,1H3. The third kappa shape index (κ3) is 1.29. The number of rotatable bonds is 0. The van der Waals surface area contributed by atoms with Crippen LogP contribution in [-0.2, 0) is 0 Å². The molecular weight excluding hydrogens is 180 g/mol. The highest BCUT2D eigenvalue weighted by Crippen LogP contribution is 2.39. The predicted molar refractivity (Wildman–Crippen MR) is 64.8 cm³/mol. The maximum atomic E-state index is 2.27. The summed E-state index contributed by atoms with van der Waals surface area (Å²) in [5, 5.41) is 0. The molecule has 0 bridgehead atoms. The highest BCUT2D eigenvalue weighted by molar-refractivity contribution is 5.67. The van der Waals surface area contributed by atoms with Gasteiger partial charge in [0.05, 0.1) is 0 Å². The number of aryl methyl sites for hydroxylation is 1. The first-order valence-corrected chi connectivity index (χ1v) is 5.50. The van der Waals surface area contributed by atoms with Crippen molar-refractivity contribution in [3.05, 3.63) is 64.8 Å². The molecule has 1 atom stereocenters. The van der Waals surface area contributed by atoms with Gasteiger partial charge in [-0.1, -0.05) is 48.6 Å². The zero-order valence-corrected chi connectivity index (χ0v) is 8.90. The van der Waals surface area contributed by atoms with E-state index in [0.29, 0.717) is 5.92 Å². The lowest BCUT2D eigenvalue weighted by Crippen LogP contribution is -2.09. The van der Waals surface area contributed by atoms with E-state index in [0.717, 1.165) is 6.42 Å². The Morgan fingerprint density at radius 2 is 2.13 bits per heavy atom. The molecule has 0 heteroatoms. The van der Waals surface area contributed by atoms with E-state index in [4.69, 9.17) is 0 Å². The lowest BCUT2D eigenvalue weighted by atomic mass is 9.78. The number of hydrogen-bond donors (Lipinski definition) is 0. The topological polar surface area (TPSA) is 0 Å². The number of benzene rings is 1. The lowest BCUT2D eigenvalue weighted by Gasteiger charge is -2.26. The van der Waals surface area contributed by atoms with E-state index >= 15 is 0 Å². The summed E-state index contributed by atoms with van der Waals surface area (Å²) in [7, 11) is 0. The third-order valence-electron chi connectivity index (χ3n) is 3.37. The molecular formula is C15H14. The summed E-state index contributed by atoms with van der Waals surface area (Å²) in [6, 6.07) is 6.63. The molecule has 0 saturated heterocycles. The van der Waals surface area contributed by atoms with Crippen molar-refractivity contribution in [3.8, 4) is 0 Å². The normalized spacial score (nSPS) is 21.9. The second-order valence-electron chi connectivity index (χ2n) is 4.29. The fourth-order valence-electron chi connectivity index (χ4n) is 2.54. The maximum Gasteiger partial charge on any atom is 0.0130 e. The summed E-state index contributed by atoms with van der Waals surface area (Å²) in [5.41, 5.74) is 5.76. The van der Waals surface area contributed by atoms with Crippen LogP contribution in [0.25, 0.3) is 6.08 Å². The van der Waals surface area contributed by atoms with Crippen molar-refractivity contribution in [2.75, 3.05) is 0 Å².